The first-order chi connectivity index (χ1) is 13.2. The Morgan fingerprint density at radius 1 is 1.04 bits per heavy atom. The van der Waals surface area contributed by atoms with Gasteiger partial charge in [0.1, 0.15) is 17.0 Å². The molecule has 3 heterocycles. The number of aromatic nitrogens is 4. The van der Waals surface area contributed by atoms with Crippen molar-refractivity contribution in [3.05, 3.63) is 41.9 Å². The van der Waals surface area contributed by atoms with Crippen molar-refractivity contribution in [1.82, 2.24) is 24.6 Å². The SMILES string of the molecule is COc1cccc(OC)c1CN1CCC(c2nn(C)c3nccnc23)CC1. The van der Waals surface area contributed by atoms with Crippen molar-refractivity contribution in [2.24, 2.45) is 7.05 Å². The largest absolute Gasteiger partial charge is 0.496 e. The number of nitrogens with zero attached hydrogens (tertiary/aromatic N) is 5. The molecule has 0 atom stereocenters. The van der Waals surface area contributed by atoms with Crippen molar-refractivity contribution in [1.29, 1.82) is 0 Å². The van der Waals surface area contributed by atoms with Crippen LogP contribution in [-0.4, -0.2) is 52.0 Å². The van der Waals surface area contributed by atoms with E-state index >= 15 is 0 Å². The molecule has 7 nitrogen and oxygen atoms in total. The highest BCUT2D eigenvalue weighted by Crippen LogP contribution is 2.34. The molecular weight excluding hydrogens is 342 g/mol. The molecule has 7 heteroatoms. The lowest BCUT2D eigenvalue weighted by Gasteiger charge is -2.31. The summed E-state index contributed by atoms with van der Waals surface area (Å²) in [4.78, 5) is 11.4. The molecule has 0 saturated carbocycles. The van der Waals surface area contributed by atoms with Crippen molar-refractivity contribution in [2.75, 3.05) is 27.3 Å². The first-order valence-corrected chi connectivity index (χ1v) is 9.27. The summed E-state index contributed by atoms with van der Waals surface area (Å²) in [5.74, 6) is 2.17. The molecule has 1 aliphatic rings. The molecule has 1 saturated heterocycles. The van der Waals surface area contributed by atoms with Crippen LogP contribution in [0.1, 0.15) is 30.0 Å². The van der Waals surface area contributed by atoms with Gasteiger partial charge in [0, 0.05) is 31.9 Å². The number of aryl methyl sites for hydroxylation is 1. The summed E-state index contributed by atoms with van der Waals surface area (Å²) in [6, 6.07) is 5.94. The van der Waals surface area contributed by atoms with Crippen molar-refractivity contribution in [2.45, 2.75) is 25.3 Å². The summed E-state index contributed by atoms with van der Waals surface area (Å²) in [5.41, 5.74) is 3.98. The first-order valence-electron chi connectivity index (χ1n) is 9.27. The Balaban J connectivity index is 1.48. The highest BCUT2D eigenvalue weighted by molar-refractivity contribution is 5.73. The standard InChI is InChI=1S/C20H25N5O2/c1-24-20-19(21-9-10-22-20)18(23-24)14-7-11-25(12-8-14)13-15-16(26-2)5-4-6-17(15)27-3/h4-6,9-10,14H,7-8,11-13H2,1-3H3. The third-order valence-corrected chi connectivity index (χ3v) is 5.37. The van der Waals surface area contributed by atoms with E-state index in [4.69, 9.17) is 14.6 Å². The van der Waals surface area contributed by atoms with E-state index in [-0.39, 0.29) is 0 Å². The van der Waals surface area contributed by atoms with Crippen molar-refractivity contribution >= 4 is 11.2 Å². The van der Waals surface area contributed by atoms with Crippen LogP contribution < -0.4 is 9.47 Å². The van der Waals surface area contributed by atoms with E-state index in [0.717, 1.165) is 66.4 Å². The van der Waals surface area contributed by atoms with Crippen LogP contribution in [-0.2, 0) is 13.6 Å². The summed E-state index contributed by atoms with van der Waals surface area (Å²) in [7, 11) is 5.35. The van der Waals surface area contributed by atoms with Gasteiger partial charge in [-0.2, -0.15) is 5.10 Å². The average Bonchev–Trinajstić information content (AvgIpc) is 3.05. The Labute approximate surface area is 158 Å². The fourth-order valence-corrected chi connectivity index (χ4v) is 3.95. The van der Waals surface area contributed by atoms with Crippen LogP contribution in [0.15, 0.2) is 30.6 Å². The zero-order valence-corrected chi connectivity index (χ0v) is 16.1. The molecule has 3 aromatic rings. The molecule has 1 fully saturated rings. The molecular formula is C20H25N5O2. The van der Waals surface area contributed by atoms with Crippen LogP contribution in [0.3, 0.4) is 0 Å². The van der Waals surface area contributed by atoms with Gasteiger partial charge in [-0.1, -0.05) is 6.07 Å². The lowest BCUT2D eigenvalue weighted by molar-refractivity contribution is 0.198. The molecule has 2 aromatic heterocycles. The Hall–Kier alpha value is -2.67. The minimum atomic E-state index is 0.418. The van der Waals surface area contributed by atoms with Crippen molar-refractivity contribution < 1.29 is 9.47 Å². The van der Waals surface area contributed by atoms with Gasteiger partial charge in [0.15, 0.2) is 5.65 Å². The fraction of sp³-hybridized carbons (Fsp3) is 0.450. The number of ether oxygens (including phenoxy) is 2. The number of piperidine rings is 1. The Morgan fingerprint density at radius 2 is 1.70 bits per heavy atom. The van der Waals surface area contributed by atoms with E-state index in [9.17, 15) is 0 Å². The second-order valence-corrected chi connectivity index (χ2v) is 6.93. The second kappa shape index (κ2) is 7.52. The molecule has 0 spiro atoms. The van der Waals surface area contributed by atoms with Gasteiger partial charge in [0.2, 0.25) is 0 Å². The molecule has 142 valence electrons. The number of likely N-dealkylation sites (tertiary alicyclic amines) is 1. The van der Waals surface area contributed by atoms with Gasteiger partial charge < -0.3 is 9.47 Å². The van der Waals surface area contributed by atoms with Crippen LogP contribution in [0, 0.1) is 0 Å². The van der Waals surface area contributed by atoms with Gasteiger partial charge in [-0.05, 0) is 38.1 Å². The van der Waals surface area contributed by atoms with Crippen LogP contribution in [0.2, 0.25) is 0 Å². The van der Waals surface area contributed by atoms with Gasteiger partial charge in [0.05, 0.1) is 25.5 Å². The third-order valence-electron chi connectivity index (χ3n) is 5.37. The third kappa shape index (κ3) is 3.35. The minimum absolute atomic E-state index is 0.418. The first kappa shape index (κ1) is 17.7. The lowest BCUT2D eigenvalue weighted by atomic mass is 9.92. The van der Waals surface area contributed by atoms with E-state index < -0.39 is 0 Å². The average molecular weight is 367 g/mol. The number of methoxy groups -OCH3 is 2. The Kier molecular flexibility index (Phi) is 4.94. The molecule has 27 heavy (non-hydrogen) atoms. The summed E-state index contributed by atoms with van der Waals surface area (Å²) in [5, 5.41) is 4.71. The van der Waals surface area contributed by atoms with E-state index in [2.05, 4.69) is 14.9 Å². The number of fused-ring (bicyclic) bond motifs is 1. The highest BCUT2D eigenvalue weighted by Gasteiger charge is 2.26. The van der Waals surface area contributed by atoms with Crippen LogP contribution in [0.5, 0.6) is 11.5 Å². The van der Waals surface area contributed by atoms with E-state index in [1.165, 1.54) is 0 Å². The Morgan fingerprint density at radius 3 is 2.37 bits per heavy atom. The van der Waals surface area contributed by atoms with Gasteiger partial charge in [-0.25, -0.2) is 14.6 Å². The number of rotatable bonds is 5. The predicted octanol–water partition coefficient (Wildman–Crippen LogP) is 2.76. The summed E-state index contributed by atoms with van der Waals surface area (Å²) in [6.07, 6.45) is 5.58. The van der Waals surface area contributed by atoms with Crippen LogP contribution in [0.25, 0.3) is 11.2 Å². The van der Waals surface area contributed by atoms with Crippen molar-refractivity contribution in [3.63, 3.8) is 0 Å². The lowest BCUT2D eigenvalue weighted by Crippen LogP contribution is -2.33. The monoisotopic (exact) mass is 367 g/mol. The molecule has 1 aliphatic heterocycles. The van der Waals surface area contributed by atoms with Gasteiger partial charge in [0.25, 0.3) is 0 Å². The summed E-state index contributed by atoms with van der Waals surface area (Å²) in [6.45, 7) is 2.83. The van der Waals surface area contributed by atoms with E-state index in [1.807, 2.05) is 29.9 Å². The molecule has 0 amide bonds. The molecule has 0 aliphatic carbocycles. The van der Waals surface area contributed by atoms with E-state index in [1.54, 1.807) is 26.6 Å². The van der Waals surface area contributed by atoms with Crippen molar-refractivity contribution in [3.8, 4) is 11.5 Å². The normalized spacial score (nSPS) is 16.0. The summed E-state index contributed by atoms with van der Waals surface area (Å²) >= 11 is 0. The summed E-state index contributed by atoms with van der Waals surface area (Å²) < 4.78 is 12.9. The van der Waals surface area contributed by atoms with Crippen LogP contribution >= 0.6 is 0 Å². The number of hydrogen-bond acceptors (Lipinski definition) is 6. The molecule has 0 unspecified atom stereocenters. The van der Waals surface area contributed by atoms with Crippen LogP contribution in [0.4, 0.5) is 0 Å². The van der Waals surface area contributed by atoms with E-state index in [0.29, 0.717) is 5.92 Å². The molecule has 0 bridgehead atoms. The number of benzene rings is 1. The molecule has 4 rings (SSSR count). The maximum Gasteiger partial charge on any atom is 0.176 e. The maximum atomic E-state index is 5.54. The zero-order valence-electron chi connectivity index (χ0n) is 16.1. The van der Waals surface area contributed by atoms with Gasteiger partial charge >= 0.3 is 0 Å². The topological polar surface area (TPSA) is 65.3 Å². The van der Waals surface area contributed by atoms with Gasteiger partial charge in [-0.3, -0.25) is 4.90 Å². The highest BCUT2D eigenvalue weighted by atomic mass is 16.5. The zero-order chi connectivity index (χ0) is 18.8. The molecule has 1 aromatic carbocycles. The Bertz CT molecular complexity index is 909. The molecule has 0 N–H and O–H groups in total. The number of hydrogen-bond donors (Lipinski definition) is 0. The maximum absolute atomic E-state index is 5.54. The quantitative estimate of drug-likeness (QED) is 0.691. The molecule has 0 radical (unpaired) electrons. The smallest absolute Gasteiger partial charge is 0.176 e. The second-order valence-electron chi connectivity index (χ2n) is 6.93. The van der Waals surface area contributed by atoms with Gasteiger partial charge in [-0.15, -0.1) is 0 Å². The fourth-order valence-electron chi connectivity index (χ4n) is 3.95. The predicted molar refractivity (Wildman–Crippen MR) is 103 cm³/mol. The minimum Gasteiger partial charge on any atom is -0.496 e.